The highest BCUT2D eigenvalue weighted by Gasteiger charge is 2.32. The van der Waals surface area contributed by atoms with Gasteiger partial charge in [0.05, 0.1) is 23.8 Å². The van der Waals surface area contributed by atoms with Crippen molar-refractivity contribution in [2.24, 2.45) is 0 Å². The van der Waals surface area contributed by atoms with Crippen LogP contribution >= 0.6 is 11.6 Å². The number of esters is 1. The highest BCUT2D eigenvalue weighted by atomic mass is 35.5. The van der Waals surface area contributed by atoms with E-state index < -0.39 is 29.2 Å². The van der Waals surface area contributed by atoms with Gasteiger partial charge in [0.15, 0.2) is 0 Å². The monoisotopic (exact) mass is 358 g/mol. The molecule has 0 spiro atoms. The fourth-order valence-electron chi connectivity index (χ4n) is 2.06. The molecule has 2 aromatic carbocycles. The van der Waals surface area contributed by atoms with E-state index in [-0.39, 0.29) is 21.7 Å². The van der Waals surface area contributed by atoms with Crippen molar-refractivity contribution in [3.05, 3.63) is 58.1 Å². The molecule has 4 nitrogen and oxygen atoms in total. The Labute approximate surface area is 139 Å². The summed E-state index contributed by atoms with van der Waals surface area (Å²) in [5.41, 5.74) is -1.58. The molecule has 0 aromatic heterocycles. The van der Waals surface area contributed by atoms with Gasteiger partial charge in [-0.15, -0.1) is 0 Å². The molecule has 0 bridgehead atoms. The first-order valence-electron chi connectivity index (χ1n) is 6.47. The number of carboxylic acids is 1. The van der Waals surface area contributed by atoms with Crippen molar-refractivity contribution in [3.63, 3.8) is 0 Å². The summed E-state index contributed by atoms with van der Waals surface area (Å²) in [6, 6.07) is 6.28. The lowest BCUT2D eigenvalue weighted by Gasteiger charge is -2.12. The molecule has 0 aliphatic carbocycles. The molecule has 0 saturated carbocycles. The summed E-state index contributed by atoms with van der Waals surface area (Å²) < 4.78 is 43.5. The second-order valence-electron chi connectivity index (χ2n) is 4.79. The maximum absolute atomic E-state index is 13.0. The van der Waals surface area contributed by atoms with Crippen LogP contribution in [0.15, 0.2) is 36.4 Å². The quantitative estimate of drug-likeness (QED) is 0.820. The van der Waals surface area contributed by atoms with Gasteiger partial charge in [-0.25, -0.2) is 9.59 Å². The fourth-order valence-corrected chi connectivity index (χ4v) is 2.29. The summed E-state index contributed by atoms with van der Waals surface area (Å²) in [5.74, 6) is -2.21. The Morgan fingerprint density at radius 2 is 1.75 bits per heavy atom. The molecule has 2 aromatic rings. The van der Waals surface area contributed by atoms with Gasteiger partial charge in [0, 0.05) is 10.6 Å². The van der Waals surface area contributed by atoms with Gasteiger partial charge in [0.1, 0.15) is 0 Å². The van der Waals surface area contributed by atoms with Gasteiger partial charge < -0.3 is 9.84 Å². The zero-order valence-corrected chi connectivity index (χ0v) is 12.9. The molecule has 0 atom stereocenters. The molecule has 1 N–H and O–H groups in total. The summed E-state index contributed by atoms with van der Waals surface area (Å²) in [5, 5.41) is 9.09. The first-order valence-corrected chi connectivity index (χ1v) is 6.85. The van der Waals surface area contributed by atoms with E-state index >= 15 is 0 Å². The fraction of sp³-hybridized carbons (Fsp3) is 0.125. The molecule has 2 rings (SSSR count). The number of hydrogen-bond acceptors (Lipinski definition) is 3. The Balaban J connectivity index is 2.69. The minimum atomic E-state index is -4.73. The lowest BCUT2D eigenvalue weighted by atomic mass is 9.98. The van der Waals surface area contributed by atoms with Crippen LogP contribution in [0.4, 0.5) is 13.2 Å². The molecule has 0 unspecified atom stereocenters. The van der Waals surface area contributed by atoms with Crippen LogP contribution in [0.3, 0.4) is 0 Å². The van der Waals surface area contributed by atoms with Gasteiger partial charge >= 0.3 is 18.1 Å². The van der Waals surface area contributed by atoms with E-state index in [0.717, 1.165) is 19.2 Å². The van der Waals surface area contributed by atoms with Gasteiger partial charge in [-0.05, 0) is 42.0 Å². The van der Waals surface area contributed by atoms with Gasteiger partial charge in [0.25, 0.3) is 0 Å². The van der Waals surface area contributed by atoms with E-state index in [1.807, 2.05) is 0 Å². The maximum Gasteiger partial charge on any atom is 0.416 e. The molecule has 0 amide bonds. The summed E-state index contributed by atoms with van der Waals surface area (Å²) in [7, 11) is 1.16. The van der Waals surface area contributed by atoms with Crippen LogP contribution in [-0.2, 0) is 10.9 Å². The standard InChI is InChI=1S/C16H10ClF3O4/c1-24-15(23)8-2-3-13(17)12(7-8)9-4-10(14(21)22)6-11(5-9)16(18,19)20/h2-7H,1H3,(H,21,22). The molecule has 126 valence electrons. The number of ether oxygens (including phenoxy) is 1. The highest BCUT2D eigenvalue weighted by Crippen LogP contribution is 2.36. The Bertz CT molecular complexity index is 815. The van der Waals surface area contributed by atoms with Gasteiger partial charge in [-0.3, -0.25) is 0 Å². The number of carbonyl (C=O) groups is 2. The topological polar surface area (TPSA) is 63.6 Å². The maximum atomic E-state index is 13.0. The third-order valence-electron chi connectivity index (χ3n) is 3.21. The SMILES string of the molecule is COC(=O)c1ccc(Cl)c(-c2cc(C(=O)O)cc(C(F)(F)F)c2)c1. The number of hydrogen-bond donors (Lipinski definition) is 1. The molecule has 8 heteroatoms. The smallest absolute Gasteiger partial charge is 0.416 e. The Kier molecular flexibility index (Phi) is 4.84. The third-order valence-corrected chi connectivity index (χ3v) is 3.54. The van der Waals surface area contributed by atoms with E-state index in [1.165, 1.54) is 18.2 Å². The summed E-state index contributed by atoms with van der Waals surface area (Å²) in [6.07, 6.45) is -4.73. The first-order chi connectivity index (χ1) is 11.1. The van der Waals surface area contributed by atoms with E-state index in [0.29, 0.717) is 6.07 Å². The van der Waals surface area contributed by atoms with E-state index in [2.05, 4.69) is 4.74 Å². The van der Waals surface area contributed by atoms with E-state index in [9.17, 15) is 22.8 Å². The van der Waals surface area contributed by atoms with Crippen LogP contribution in [0.1, 0.15) is 26.3 Å². The second kappa shape index (κ2) is 6.52. The van der Waals surface area contributed by atoms with Crippen molar-refractivity contribution in [1.29, 1.82) is 0 Å². The Hall–Kier alpha value is -2.54. The molecule has 0 radical (unpaired) electrons. The van der Waals surface area contributed by atoms with Crippen molar-refractivity contribution in [2.45, 2.75) is 6.18 Å². The number of aromatic carboxylic acids is 1. The normalized spacial score (nSPS) is 11.2. The van der Waals surface area contributed by atoms with Gasteiger partial charge in [-0.1, -0.05) is 11.6 Å². The van der Waals surface area contributed by atoms with Gasteiger partial charge in [-0.2, -0.15) is 13.2 Å². The third kappa shape index (κ3) is 3.68. The Morgan fingerprint density at radius 1 is 1.08 bits per heavy atom. The molecule has 0 heterocycles. The van der Waals surface area contributed by atoms with E-state index in [4.69, 9.17) is 16.7 Å². The lowest BCUT2D eigenvalue weighted by molar-refractivity contribution is -0.137. The van der Waals surface area contributed by atoms with Crippen LogP contribution < -0.4 is 0 Å². The van der Waals surface area contributed by atoms with Crippen LogP contribution in [-0.4, -0.2) is 24.2 Å². The van der Waals surface area contributed by atoms with Crippen LogP contribution in [0.5, 0.6) is 0 Å². The number of rotatable bonds is 3. The van der Waals surface area contributed by atoms with Crippen LogP contribution in [0, 0.1) is 0 Å². The Morgan fingerprint density at radius 3 is 2.29 bits per heavy atom. The van der Waals surface area contributed by atoms with Gasteiger partial charge in [0.2, 0.25) is 0 Å². The average Bonchev–Trinajstić information content (AvgIpc) is 2.53. The van der Waals surface area contributed by atoms with Crippen molar-refractivity contribution in [3.8, 4) is 11.1 Å². The predicted octanol–water partition coefficient (Wildman–Crippen LogP) is 4.51. The molecule has 0 fully saturated rings. The average molecular weight is 359 g/mol. The number of carbonyl (C=O) groups excluding carboxylic acids is 1. The summed E-state index contributed by atoms with van der Waals surface area (Å²) >= 11 is 6.00. The van der Waals surface area contributed by atoms with Crippen LogP contribution in [0.2, 0.25) is 5.02 Å². The lowest BCUT2D eigenvalue weighted by Crippen LogP contribution is -2.08. The molecular weight excluding hydrogens is 349 g/mol. The zero-order valence-electron chi connectivity index (χ0n) is 12.1. The van der Waals surface area contributed by atoms with E-state index in [1.54, 1.807) is 0 Å². The molecule has 24 heavy (non-hydrogen) atoms. The predicted molar refractivity (Wildman–Crippen MR) is 80.2 cm³/mol. The molecular formula is C16H10ClF3O4. The minimum Gasteiger partial charge on any atom is -0.478 e. The number of alkyl halides is 3. The first kappa shape index (κ1) is 17.8. The molecule has 0 aliphatic heterocycles. The summed E-state index contributed by atoms with van der Waals surface area (Å²) in [6.45, 7) is 0. The van der Waals surface area contributed by atoms with Crippen LogP contribution in [0.25, 0.3) is 11.1 Å². The number of benzene rings is 2. The minimum absolute atomic E-state index is 0.0679. The molecule has 0 saturated heterocycles. The number of methoxy groups -OCH3 is 1. The largest absolute Gasteiger partial charge is 0.478 e. The summed E-state index contributed by atoms with van der Waals surface area (Å²) in [4.78, 5) is 22.7. The number of halogens is 4. The zero-order chi connectivity index (χ0) is 18.1. The van der Waals surface area contributed by atoms with Crippen molar-refractivity contribution < 1.29 is 32.6 Å². The van der Waals surface area contributed by atoms with Crippen molar-refractivity contribution >= 4 is 23.5 Å². The van der Waals surface area contributed by atoms with Crippen molar-refractivity contribution in [1.82, 2.24) is 0 Å². The molecule has 0 aliphatic rings. The van der Waals surface area contributed by atoms with Crippen molar-refractivity contribution in [2.75, 3.05) is 7.11 Å². The highest BCUT2D eigenvalue weighted by molar-refractivity contribution is 6.33. The second-order valence-corrected chi connectivity index (χ2v) is 5.20. The number of carboxylic acid groups (broad SMARTS) is 1.